The monoisotopic (exact) mass is 207 g/mol. The summed E-state index contributed by atoms with van der Waals surface area (Å²) >= 11 is 5.51. The summed E-state index contributed by atoms with van der Waals surface area (Å²) < 4.78 is 29.9. The zero-order chi connectivity index (χ0) is 9.35. The Balaban J connectivity index is 3.47. The van der Waals surface area contributed by atoms with Crippen LogP contribution in [0.2, 0.25) is 5.02 Å². The second kappa shape index (κ2) is 2.93. The van der Waals surface area contributed by atoms with Gasteiger partial charge in [-0.2, -0.15) is 8.42 Å². The highest BCUT2D eigenvalue weighted by Gasteiger charge is 2.15. The summed E-state index contributed by atoms with van der Waals surface area (Å²) in [7, 11) is -4.27. The van der Waals surface area contributed by atoms with Gasteiger partial charge in [0.1, 0.15) is 4.90 Å². The predicted octanol–water partition coefficient (Wildman–Crippen LogP) is 1.17. The van der Waals surface area contributed by atoms with E-state index in [-0.39, 0.29) is 15.6 Å². The molecule has 0 saturated carbocycles. The summed E-state index contributed by atoms with van der Waals surface area (Å²) in [4.78, 5) is -0.371. The lowest BCUT2D eigenvalue weighted by molar-refractivity contribution is 0.483. The SMILES string of the molecule is Nc1cccc(S(=O)(=O)O)c1Cl. The molecule has 0 bridgehead atoms. The van der Waals surface area contributed by atoms with Gasteiger partial charge in [-0.15, -0.1) is 0 Å². The van der Waals surface area contributed by atoms with Crippen molar-refractivity contribution in [2.75, 3.05) is 5.73 Å². The molecule has 0 heterocycles. The van der Waals surface area contributed by atoms with E-state index in [1.807, 2.05) is 0 Å². The standard InChI is InChI=1S/C6H6ClNO3S/c7-6-4(8)2-1-3-5(6)12(9,10)11/h1-3H,8H2,(H,9,10,11). The van der Waals surface area contributed by atoms with Crippen molar-refractivity contribution in [1.29, 1.82) is 0 Å². The van der Waals surface area contributed by atoms with Crippen molar-refractivity contribution >= 4 is 27.4 Å². The van der Waals surface area contributed by atoms with Crippen molar-refractivity contribution in [2.24, 2.45) is 0 Å². The molecule has 0 aliphatic rings. The first-order valence-electron chi connectivity index (χ1n) is 2.94. The molecule has 66 valence electrons. The lowest BCUT2D eigenvalue weighted by atomic mass is 10.3. The number of hydrogen-bond acceptors (Lipinski definition) is 3. The molecule has 0 aliphatic carbocycles. The van der Waals surface area contributed by atoms with Gasteiger partial charge in [0, 0.05) is 0 Å². The zero-order valence-corrected chi connectivity index (χ0v) is 7.43. The van der Waals surface area contributed by atoms with E-state index in [0.717, 1.165) is 0 Å². The first kappa shape index (κ1) is 9.31. The molecule has 1 aromatic rings. The largest absolute Gasteiger partial charge is 0.397 e. The number of benzene rings is 1. The van der Waals surface area contributed by atoms with Crippen molar-refractivity contribution in [3.05, 3.63) is 23.2 Å². The molecule has 0 atom stereocenters. The molecular formula is C6H6ClNO3S. The Bertz CT molecular complexity index is 401. The molecule has 0 aliphatic heterocycles. The molecule has 0 fully saturated rings. The molecule has 1 aromatic carbocycles. The summed E-state index contributed by atoms with van der Waals surface area (Å²) in [6.07, 6.45) is 0. The van der Waals surface area contributed by atoms with Crippen LogP contribution in [-0.2, 0) is 10.1 Å². The second-order valence-electron chi connectivity index (χ2n) is 2.13. The van der Waals surface area contributed by atoms with Crippen LogP contribution in [0, 0.1) is 0 Å². The lowest BCUT2D eigenvalue weighted by Gasteiger charge is -2.01. The van der Waals surface area contributed by atoms with Gasteiger partial charge in [-0.3, -0.25) is 4.55 Å². The fraction of sp³-hybridized carbons (Fsp3) is 0. The molecule has 0 saturated heterocycles. The van der Waals surface area contributed by atoms with Gasteiger partial charge in [0.25, 0.3) is 10.1 Å². The van der Waals surface area contributed by atoms with Crippen molar-refractivity contribution in [2.45, 2.75) is 4.90 Å². The van der Waals surface area contributed by atoms with Gasteiger partial charge >= 0.3 is 0 Å². The van der Waals surface area contributed by atoms with Crippen molar-refractivity contribution in [3.63, 3.8) is 0 Å². The minimum atomic E-state index is -4.27. The van der Waals surface area contributed by atoms with Gasteiger partial charge in [0.15, 0.2) is 0 Å². The van der Waals surface area contributed by atoms with E-state index in [2.05, 4.69) is 0 Å². The number of anilines is 1. The third-order valence-electron chi connectivity index (χ3n) is 1.27. The van der Waals surface area contributed by atoms with Crippen LogP contribution in [0.1, 0.15) is 0 Å². The van der Waals surface area contributed by atoms with E-state index in [1.165, 1.54) is 18.2 Å². The number of nitrogens with two attached hydrogens (primary N) is 1. The van der Waals surface area contributed by atoms with Crippen molar-refractivity contribution < 1.29 is 13.0 Å². The van der Waals surface area contributed by atoms with Crippen LogP contribution in [0.15, 0.2) is 23.1 Å². The zero-order valence-electron chi connectivity index (χ0n) is 5.86. The Morgan fingerprint density at radius 3 is 2.42 bits per heavy atom. The van der Waals surface area contributed by atoms with E-state index >= 15 is 0 Å². The highest BCUT2D eigenvalue weighted by molar-refractivity contribution is 7.86. The minimum Gasteiger partial charge on any atom is -0.397 e. The lowest BCUT2D eigenvalue weighted by Crippen LogP contribution is -2.00. The highest BCUT2D eigenvalue weighted by Crippen LogP contribution is 2.26. The average Bonchev–Trinajstić information content (AvgIpc) is 1.92. The molecule has 1 rings (SSSR count). The van der Waals surface area contributed by atoms with Gasteiger partial charge in [-0.25, -0.2) is 0 Å². The number of hydrogen-bond donors (Lipinski definition) is 2. The average molecular weight is 208 g/mol. The maximum absolute atomic E-state index is 10.6. The van der Waals surface area contributed by atoms with Crippen LogP contribution in [-0.4, -0.2) is 13.0 Å². The van der Waals surface area contributed by atoms with Gasteiger partial charge in [0.05, 0.1) is 10.7 Å². The summed E-state index contributed by atoms with van der Waals surface area (Å²) in [6.45, 7) is 0. The van der Waals surface area contributed by atoms with Gasteiger partial charge in [-0.1, -0.05) is 17.7 Å². The van der Waals surface area contributed by atoms with Crippen LogP contribution < -0.4 is 5.73 Å². The first-order valence-corrected chi connectivity index (χ1v) is 4.76. The second-order valence-corrected chi connectivity index (χ2v) is 3.90. The Kier molecular flexibility index (Phi) is 2.27. The topological polar surface area (TPSA) is 80.4 Å². The molecule has 6 heteroatoms. The quantitative estimate of drug-likeness (QED) is 0.535. The molecule has 12 heavy (non-hydrogen) atoms. The van der Waals surface area contributed by atoms with E-state index in [9.17, 15) is 8.42 Å². The van der Waals surface area contributed by atoms with E-state index in [4.69, 9.17) is 21.9 Å². The van der Waals surface area contributed by atoms with Crippen LogP contribution in [0.4, 0.5) is 5.69 Å². The van der Waals surface area contributed by atoms with Crippen molar-refractivity contribution in [3.8, 4) is 0 Å². The highest BCUT2D eigenvalue weighted by atomic mass is 35.5. The molecular weight excluding hydrogens is 202 g/mol. The summed E-state index contributed by atoms with van der Waals surface area (Å²) in [6, 6.07) is 4.01. The molecule has 0 spiro atoms. The third kappa shape index (κ3) is 1.69. The summed E-state index contributed by atoms with van der Waals surface area (Å²) in [5.41, 5.74) is 5.43. The number of nitrogen functional groups attached to an aromatic ring is 1. The molecule has 3 N–H and O–H groups in total. The van der Waals surface area contributed by atoms with Crippen LogP contribution in [0.25, 0.3) is 0 Å². The molecule has 4 nitrogen and oxygen atoms in total. The smallest absolute Gasteiger partial charge is 0.296 e. The fourth-order valence-electron chi connectivity index (χ4n) is 0.727. The molecule has 0 aromatic heterocycles. The molecule has 0 amide bonds. The van der Waals surface area contributed by atoms with E-state index in [0.29, 0.717) is 0 Å². The predicted molar refractivity (Wildman–Crippen MR) is 45.7 cm³/mol. The van der Waals surface area contributed by atoms with E-state index in [1.54, 1.807) is 0 Å². The Labute approximate surface area is 74.7 Å². The maximum atomic E-state index is 10.6. The van der Waals surface area contributed by atoms with Gasteiger partial charge in [0.2, 0.25) is 0 Å². The van der Waals surface area contributed by atoms with Crippen LogP contribution in [0.5, 0.6) is 0 Å². The van der Waals surface area contributed by atoms with E-state index < -0.39 is 10.1 Å². The minimum absolute atomic E-state index is 0.117. The van der Waals surface area contributed by atoms with Gasteiger partial charge < -0.3 is 5.73 Å². The summed E-state index contributed by atoms with van der Waals surface area (Å²) in [5.74, 6) is 0. The fourth-order valence-corrected chi connectivity index (χ4v) is 1.74. The first-order chi connectivity index (χ1) is 5.43. The Hall–Kier alpha value is -0.780. The Morgan fingerprint density at radius 2 is 2.00 bits per heavy atom. The summed E-state index contributed by atoms with van der Waals surface area (Å²) in [5, 5.41) is -0.153. The number of rotatable bonds is 1. The molecule has 0 unspecified atom stereocenters. The number of halogens is 1. The molecule has 0 radical (unpaired) electrons. The Morgan fingerprint density at radius 1 is 1.42 bits per heavy atom. The van der Waals surface area contributed by atoms with Gasteiger partial charge in [-0.05, 0) is 12.1 Å². The van der Waals surface area contributed by atoms with Crippen LogP contribution >= 0.6 is 11.6 Å². The van der Waals surface area contributed by atoms with Crippen LogP contribution in [0.3, 0.4) is 0 Å². The normalized spacial score (nSPS) is 11.5. The maximum Gasteiger partial charge on any atom is 0.296 e. The van der Waals surface area contributed by atoms with Crippen molar-refractivity contribution in [1.82, 2.24) is 0 Å². The third-order valence-corrected chi connectivity index (χ3v) is 2.70.